The van der Waals surface area contributed by atoms with Gasteiger partial charge in [0.05, 0.1) is 18.4 Å². The molecule has 3 rings (SSSR count). The SMILES string of the molecule is COc1ccc(C(=O)Nc2ccc(F)c(F)c2)cc1NCc1ccc(C(=O)O)cc1. The Labute approximate surface area is 171 Å². The first-order valence-electron chi connectivity index (χ1n) is 8.88. The van der Waals surface area contributed by atoms with E-state index >= 15 is 0 Å². The molecule has 0 aliphatic rings. The van der Waals surface area contributed by atoms with E-state index < -0.39 is 23.5 Å². The molecule has 0 unspecified atom stereocenters. The van der Waals surface area contributed by atoms with Crippen LogP contribution >= 0.6 is 0 Å². The standard InChI is InChI=1S/C22H18F2N2O4/c1-30-20-9-6-15(21(27)26-16-7-8-17(23)18(24)11-16)10-19(20)25-12-13-2-4-14(5-3-13)22(28)29/h2-11,25H,12H2,1H3,(H,26,27)(H,28,29). The molecule has 0 radical (unpaired) electrons. The molecule has 30 heavy (non-hydrogen) atoms. The number of methoxy groups -OCH3 is 1. The van der Waals surface area contributed by atoms with Gasteiger partial charge in [0, 0.05) is 23.9 Å². The summed E-state index contributed by atoms with van der Waals surface area (Å²) in [6, 6.07) is 14.2. The maximum Gasteiger partial charge on any atom is 0.335 e. The highest BCUT2D eigenvalue weighted by Crippen LogP contribution is 2.27. The summed E-state index contributed by atoms with van der Waals surface area (Å²) in [5, 5.41) is 14.6. The Kier molecular flexibility index (Phi) is 6.26. The van der Waals surface area contributed by atoms with Crippen LogP contribution in [0.1, 0.15) is 26.3 Å². The summed E-state index contributed by atoms with van der Waals surface area (Å²) in [6.07, 6.45) is 0. The van der Waals surface area contributed by atoms with Crippen molar-refractivity contribution in [3.8, 4) is 5.75 Å². The highest BCUT2D eigenvalue weighted by atomic mass is 19.2. The van der Waals surface area contributed by atoms with Crippen LogP contribution in [0.25, 0.3) is 0 Å². The molecule has 0 bridgehead atoms. The van der Waals surface area contributed by atoms with Crippen LogP contribution in [0.3, 0.4) is 0 Å². The number of nitrogens with one attached hydrogen (secondary N) is 2. The molecular formula is C22H18F2N2O4. The van der Waals surface area contributed by atoms with Crippen LogP contribution in [0.2, 0.25) is 0 Å². The summed E-state index contributed by atoms with van der Waals surface area (Å²) in [5.41, 5.74) is 1.97. The average Bonchev–Trinajstić information content (AvgIpc) is 2.74. The van der Waals surface area contributed by atoms with Crippen LogP contribution in [0, 0.1) is 11.6 Å². The van der Waals surface area contributed by atoms with E-state index in [-0.39, 0.29) is 16.8 Å². The number of hydrogen-bond donors (Lipinski definition) is 3. The second-order valence-corrected chi connectivity index (χ2v) is 6.35. The van der Waals surface area contributed by atoms with Gasteiger partial charge in [-0.15, -0.1) is 0 Å². The average molecular weight is 412 g/mol. The molecule has 0 heterocycles. The van der Waals surface area contributed by atoms with Crippen molar-refractivity contribution >= 4 is 23.3 Å². The van der Waals surface area contributed by atoms with Crippen molar-refractivity contribution in [1.82, 2.24) is 0 Å². The molecular weight excluding hydrogens is 394 g/mol. The maximum atomic E-state index is 13.3. The molecule has 3 aromatic carbocycles. The monoisotopic (exact) mass is 412 g/mol. The molecule has 0 saturated heterocycles. The van der Waals surface area contributed by atoms with Crippen molar-refractivity contribution in [2.75, 3.05) is 17.7 Å². The number of carbonyl (C=O) groups is 2. The van der Waals surface area contributed by atoms with Crippen molar-refractivity contribution in [1.29, 1.82) is 0 Å². The van der Waals surface area contributed by atoms with Gasteiger partial charge in [0.25, 0.3) is 5.91 Å². The van der Waals surface area contributed by atoms with Crippen molar-refractivity contribution in [2.24, 2.45) is 0 Å². The second kappa shape index (κ2) is 9.04. The summed E-state index contributed by atoms with van der Waals surface area (Å²) in [4.78, 5) is 23.4. The Morgan fingerprint density at radius 3 is 2.27 bits per heavy atom. The van der Waals surface area contributed by atoms with E-state index in [0.29, 0.717) is 18.0 Å². The molecule has 0 aromatic heterocycles. The Bertz CT molecular complexity index is 1080. The largest absolute Gasteiger partial charge is 0.495 e. The summed E-state index contributed by atoms with van der Waals surface area (Å²) < 4.78 is 31.7. The zero-order chi connectivity index (χ0) is 21.7. The Hall–Kier alpha value is -3.94. The van der Waals surface area contributed by atoms with Crippen LogP contribution in [0.15, 0.2) is 60.7 Å². The highest BCUT2D eigenvalue weighted by Gasteiger charge is 2.12. The predicted octanol–water partition coefficient (Wildman–Crippen LogP) is 4.54. The van der Waals surface area contributed by atoms with Gasteiger partial charge in [-0.1, -0.05) is 12.1 Å². The topological polar surface area (TPSA) is 87.7 Å². The van der Waals surface area contributed by atoms with Gasteiger partial charge in [0.1, 0.15) is 5.75 Å². The molecule has 0 saturated carbocycles. The van der Waals surface area contributed by atoms with Crippen LogP contribution in [0.5, 0.6) is 5.75 Å². The number of amides is 1. The van der Waals surface area contributed by atoms with Gasteiger partial charge in [-0.25, -0.2) is 13.6 Å². The zero-order valence-electron chi connectivity index (χ0n) is 15.9. The smallest absolute Gasteiger partial charge is 0.335 e. The van der Waals surface area contributed by atoms with E-state index in [9.17, 15) is 18.4 Å². The number of halogens is 2. The maximum absolute atomic E-state index is 13.3. The Morgan fingerprint density at radius 2 is 1.63 bits per heavy atom. The van der Waals surface area contributed by atoms with Crippen molar-refractivity contribution in [2.45, 2.75) is 6.54 Å². The Balaban J connectivity index is 1.74. The van der Waals surface area contributed by atoms with Gasteiger partial charge in [0.2, 0.25) is 0 Å². The lowest BCUT2D eigenvalue weighted by molar-refractivity contribution is 0.0696. The molecule has 1 amide bonds. The number of anilines is 2. The number of aromatic carboxylic acids is 1. The molecule has 154 valence electrons. The molecule has 8 heteroatoms. The molecule has 0 fully saturated rings. The third-order valence-corrected chi connectivity index (χ3v) is 4.32. The lowest BCUT2D eigenvalue weighted by atomic mass is 10.1. The van der Waals surface area contributed by atoms with E-state index in [4.69, 9.17) is 9.84 Å². The summed E-state index contributed by atoms with van der Waals surface area (Å²) >= 11 is 0. The number of carbonyl (C=O) groups excluding carboxylic acids is 1. The van der Waals surface area contributed by atoms with Crippen molar-refractivity contribution in [3.05, 3.63) is 89.0 Å². The van der Waals surface area contributed by atoms with Gasteiger partial charge >= 0.3 is 5.97 Å². The molecule has 6 nitrogen and oxygen atoms in total. The summed E-state index contributed by atoms with van der Waals surface area (Å²) in [7, 11) is 1.49. The fourth-order valence-corrected chi connectivity index (χ4v) is 2.73. The lowest BCUT2D eigenvalue weighted by Gasteiger charge is -2.13. The van der Waals surface area contributed by atoms with E-state index in [1.807, 2.05) is 0 Å². The number of carboxylic acids is 1. The van der Waals surface area contributed by atoms with Gasteiger partial charge < -0.3 is 20.5 Å². The van der Waals surface area contributed by atoms with Crippen LogP contribution in [-0.4, -0.2) is 24.1 Å². The lowest BCUT2D eigenvalue weighted by Crippen LogP contribution is -2.13. The molecule has 0 spiro atoms. The van der Waals surface area contributed by atoms with E-state index in [1.165, 1.54) is 25.3 Å². The summed E-state index contributed by atoms with van der Waals surface area (Å²) in [5.74, 6) is -3.06. The first-order chi connectivity index (χ1) is 14.4. The first kappa shape index (κ1) is 20.8. The third kappa shape index (κ3) is 4.91. The normalized spacial score (nSPS) is 10.4. The molecule has 0 aliphatic heterocycles. The van der Waals surface area contributed by atoms with Gasteiger partial charge in [0.15, 0.2) is 11.6 Å². The van der Waals surface area contributed by atoms with Gasteiger partial charge in [-0.2, -0.15) is 0 Å². The number of ether oxygens (including phenoxy) is 1. The van der Waals surface area contributed by atoms with Gasteiger partial charge in [-0.05, 0) is 48.0 Å². The number of hydrogen-bond acceptors (Lipinski definition) is 4. The fourth-order valence-electron chi connectivity index (χ4n) is 2.73. The predicted molar refractivity (Wildman–Crippen MR) is 108 cm³/mol. The molecule has 3 aromatic rings. The third-order valence-electron chi connectivity index (χ3n) is 4.32. The van der Waals surface area contributed by atoms with Crippen molar-refractivity contribution < 1.29 is 28.2 Å². The van der Waals surface area contributed by atoms with Gasteiger partial charge in [-0.3, -0.25) is 4.79 Å². The van der Waals surface area contributed by atoms with E-state index in [1.54, 1.807) is 30.3 Å². The van der Waals surface area contributed by atoms with Crippen molar-refractivity contribution in [3.63, 3.8) is 0 Å². The van der Waals surface area contributed by atoms with E-state index in [0.717, 1.165) is 17.7 Å². The Morgan fingerprint density at radius 1 is 0.933 bits per heavy atom. The number of benzene rings is 3. The van der Waals surface area contributed by atoms with Crippen LogP contribution in [-0.2, 0) is 6.54 Å². The molecule has 0 atom stereocenters. The minimum Gasteiger partial charge on any atom is -0.495 e. The number of carboxylic acid groups (broad SMARTS) is 1. The summed E-state index contributed by atoms with van der Waals surface area (Å²) in [6.45, 7) is 0.366. The van der Waals surface area contributed by atoms with Crippen LogP contribution in [0.4, 0.5) is 20.2 Å². The zero-order valence-corrected chi connectivity index (χ0v) is 15.9. The number of rotatable bonds is 7. The van der Waals surface area contributed by atoms with Crippen LogP contribution < -0.4 is 15.4 Å². The van der Waals surface area contributed by atoms with E-state index in [2.05, 4.69) is 10.6 Å². The second-order valence-electron chi connectivity index (χ2n) is 6.35. The minimum absolute atomic E-state index is 0.128. The quantitative estimate of drug-likeness (QED) is 0.531. The molecule has 3 N–H and O–H groups in total. The highest BCUT2D eigenvalue weighted by molar-refractivity contribution is 6.05. The molecule has 0 aliphatic carbocycles. The fraction of sp³-hybridized carbons (Fsp3) is 0.0909. The minimum atomic E-state index is -1.06. The first-order valence-corrected chi connectivity index (χ1v) is 8.88.